The molecule has 0 radical (unpaired) electrons. The summed E-state index contributed by atoms with van der Waals surface area (Å²) in [6.45, 7) is 0.133. The SMILES string of the molecule is O[C@H]1[C@@H]([C@H]2COC(c3ccc(Cl)cc3)O2)OC(c2ccc(Cl)cc2)OC[C@@H]1O. The molecule has 0 aromatic heterocycles. The number of aliphatic hydroxyl groups is 2. The number of rotatable bonds is 3. The van der Waals surface area contributed by atoms with Crippen LogP contribution in [-0.2, 0) is 18.9 Å². The summed E-state index contributed by atoms with van der Waals surface area (Å²) >= 11 is 11.9. The van der Waals surface area contributed by atoms with Crippen LogP contribution in [0.3, 0.4) is 0 Å². The molecule has 28 heavy (non-hydrogen) atoms. The van der Waals surface area contributed by atoms with E-state index in [-0.39, 0.29) is 13.2 Å². The first-order valence-corrected chi connectivity index (χ1v) is 9.68. The van der Waals surface area contributed by atoms with Gasteiger partial charge in [0, 0.05) is 21.2 Å². The van der Waals surface area contributed by atoms with Crippen molar-refractivity contribution in [2.45, 2.75) is 37.0 Å². The zero-order valence-corrected chi connectivity index (χ0v) is 16.3. The summed E-state index contributed by atoms with van der Waals surface area (Å²) in [5.41, 5.74) is 1.53. The van der Waals surface area contributed by atoms with Crippen molar-refractivity contribution < 1.29 is 29.2 Å². The fraction of sp³-hybridized carbons (Fsp3) is 0.400. The van der Waals surface area contributed by atoms with Crippen LogP contribution in [0.2, 0.25) is 10.0 Å². The standard InChI is InChI=1S/C20H20Cl2O6/c21-13-5-1-11(2-6-13)19-26-10-16(27-19)18-17(24)15(23)9-25-20(28-18)12-3-7-14(22)8-4-12/h1-8,15-20,23-24H,9-10H2/t15-,16+,17+,18+,19?,20?/m0/s1. The first kappa shape index (κ1) is 20.1. The Hall–Kier alpha value is -1.22. The van der Waals surface area contributed by atoms with Crippen molar-refractivity contribution >= 4 is 23.2 Å². The lowest BCUT2D eigenvalue weighted by Crippen LogP contribution is -2.46. The van der Waals surface area contributed by atoms with Crippen molar-refractivity contribution in [3.63, 3.8) is 0 Å². The first-order chi connectivity index (χ1) is 13.5. The van der Waals surface area contributed by atoms with E-state index < -0.39 is 37.0 Å². The molecule has 0 spiro atoms. The van der Waals surface area contributed by atoms with Crippen LogP contribution in [0.4, 0.5) is 0 Å². The molecule has 2 unspecified atom stereocenters. The Labute approximate surface area is 172 Å². The molecule has 2 heterocycles. The van der Waals surface area contributed by atoms with Crippen LogP contribution >= 0.6 is 23.2 Å². The molecule has 2 saturated heterocycles. The number of ether oxygens (including phenoxy) is 4. The van der Waals surface area contributed by atoms with E-state index in [0.717, 1.165) is 11.1 Å². The van der Waals surface area contributed by atoms with Crippen molar-refractivity contribution in [3.8, 4) is 0 Å². The monoisotopic (exact) mass is 426 g/mol. The van der Waals surface area contributed by atoms with Gasteiger partial charge in [0.2, 0.25) is 0 Å². The van der Waals surface area contributed by atoms with Crippen molar-refractivity contribution in [1.29, 1.82) is 0 Å². The second-order valence-electron chi connectivity index (χ2n) is 6.77. The van der Waals surface area contributed by atoms with Gasteiger partial charge in [-0.15, -0.1) is 0 Å². The Morgan fingerprint density at radius 2 is 1.21 bits per heavy atom. The van der Waals surface area contributed by atoms with Gasteiger partial charge in [0.15, 0.2) is 12.6 Å². The lowest BCUT2D eigenvalue weighted by molar-refractivity contribution is -0.200. The highest BCUT2D eigenvalue weighted by Gasteiger charge is 2.43. The van der Waals surface area contributed by atoms with Gasteiger partial charge in [0.1, 0.15) is 24.4 Å². The van der Waals surface area contributed by atoms with Gasteiger partial charge in [0.05, 0.1) is 13.2 Å². The van der Waals surface area contributed by atoms with Crippen molar-refractivity contribution in [3.05, 3.63) is 69.7 Å². The predicted octanol–water partition coefficient (Wildman–Crippen LogP) is 3.24. The molecule has 4 rings (SSSR count). The highest BCUT2D eigenvalue weighted by atomic mass is 35.5. The molecule has 0 bridgehead atoms. The van der Waals surface area contributed by atoms with Gasteiger partial charge in [-0.2, -0.15) is 0 Å². The van der Waals surface area contributed by atoms with Crippen LogP contribution in [-0.4, -0.2) is 47.8 Å². The largest absolute Gasteiger partial charge is 0.388 e. The van der Waals surface area contributed by atoms with E-state index in [1.54, 1.807) is 36.4 Å². The summed E-state index contributed by atoms with van der Waals surface area (Å²) < 4.78 is 23.3. The Morgan fingerprint density at radius 3 is 1.79 bits per heavy atom. The molecule has 0 aliphatic carbocycles. The predicted molar refractivity (Wildman–Crippen MR) is 102 cm³/mol. The molecular weight excluding hydrogens is 407 g/mol. The van der Waals surface area contributed by atoms with Crippen molar-refractivity contribution in [2.24, 2.45) is 0 Å². The van der Waals surface area contributed by atoms with E-state index in [1.807, 2.05) is 12.1 Å². The Bertz CT molecular complexity index is 784. The van der Waals surface area contributed by atoms with E-state index in [2.05, 4.69) is 0 Å². The molecule has 2 aromatic rings. The van der Waals surface area contributed by atoms with E-state index in [0.29, 0.717) is 10.0 Å². The lowest BCUT2D eigenvalue weighted by atomic mass is 10.0. The summed E-state index contributed by atoms with van der Waals surface area (Å²) in [5, 5.41) is 22.0. The van der Waals surface area contributed by atoms with Gasteiger partial charge in [-0.1, -0.05) is 47.5 Å². The highest BCUT2D eigenvalue weighted by molar-refractivity contribution is 6.30. The third kappa shape index (κ3) is 4.35. The minimum Gasteiger partial charge on any atom is -0.388 e. The number of halogens is 2. The van der Waals surface area contributed by atoms with Gasteiger partial charge in [-0.05, 0) is 24.3 Å². The number of hydrogen-bond acceptors (Lipinski definition) is 6. The van der Waals surface area contributed by atoms with Gasteiger partial charge < -0.3 is 29.2 Å². The summed E-state index contributed by atoms with van der Waals surface area (Å²) in [4.78, 5) is 0. The second kappa shape index (κ2) is 8.65. The molecule has 2 aromatic carbocycles. The fourth-order valence-corrected chi connectivity index (χ4v) is 3.51. The molecule has 0 amide bonds. The minimum atomic E-state index is -1.19. The first-order valence-electron chi connectivity index (χ1n) is 8.92. The molecule has 2 aliphatic heterocycles. The normalized spacial score (nSPS) is 33.6. The molecule has 2 aliphatic rings. The van der Waals surface area contributed by atoms with Crippen molar-refractivity contribution in [2.75, 3.05) is 13.2 Å². The average Bonchev–Trinajstić information content (AvgIpc) is 3.13. The van der Waals surface area contributed by atoms with Gasteiger partial charge in [0.25, 0.3) is 0 Å². The van der Waals surface area contributed by atoms with E-state index in [4.69, 9.17) is 42.1 Å². The van der Waals surface area contributed by atoms with Crippen LogP contribution in [0.1, 0.15) is 23.7 Å². The smallest absolute Gasteiger partial charge is 0.184 e. The third-order valence-electron chi connectivity index (χ3n) is 4.79. The van der Waals surface area contributed by atoms with Crippen LogP contribution < -0.4 is 0 Å². The quantitative estimate of drug-likeness (QED) is 0.784. The van der Waals surface area contributed by atoms with Gasteiger partial charge in [-0.25, -0.2) is 0 Å². The minimum absolute atomic E-state index is 0.0703. The maximum absolute atomic E-state index is 10.6. The Morgan fingerprint density at radius 1 is 0.714 bits per heavy atom. The Kier molecular flexibility index (Phi) is 6.20. The van der Waals surface area contributed by atoms with Crippen LogP contribution in [0, 0.1) is 0 Å². The molecule has 6 atom stereocenters. The van der Waals surface area contributed by atoms with E-state index in [1.165, 1.54) is 0 Å². The van der Waals surface area contributed by atoms with Crippen molar-refractivity contribution in [1.82, 2.24) is 0 Å². The topological polar surface area (TPSA) is 77.4 Å². The third-order valence-corrected chi connectivity index (χ3v) is 5.29. The van der Waals surface area contributed by atoms with Crippen LogP contribution in [0.25, 0.3) is 0 Å². The maximum Gasteiger partial charge on any atom is 0.184 e. The summed E-state index contributed by atoms with van der Waals surface area (Å²) in [6, 6.07) is 14.1. The van der Waals surface area contributed by atoms with Gasteiger partial charge in [-0.3, -0.25) is 0 Å². The molecular formula is C20H20Cl2O6. The zero-order valence-electron chi connectivity index (χ0n) is 14.8. The lowest BCUT2D eigenvalue weighted by Gasteiger charge is -2.28. The van der Waals surface area contributed by atoms with E-state index >= 15 is 0 Å². The summed E-state index contributed by atoms with van der Waals surface area (Å²) in [7, 11) is 0. The molecule has 8 heteroatoms. The number of benzene rings is 2. The van der Waals surface area contributed by atoms with Crippen LogP contribution in [0.15, 0.2) is 48.5 Å². The van der Waals surface area contributed by atoms with Gasteiger partial charge >= 0.3 is 0 Å². The fourth-order valence-electron chi connectivity index (χ4n) is 3.25. The molecule has 150 valence electrons. The number of aliphatic hydroxyl groups excluding tert-OH is 2. The Balaban J connectivity index is 1.51. The molecule has 2 fully saturated rings. The van der Waals surface area contributed by atoms with Crippen LogP contribution in [0.5, 0.6) is 0 Å². The molecule has 6 nitrogen and oxygen atoms in total. The zero-order chi connectivity index (χ0) is 19.7. The average molecular weight is 427 g/mol. The molecule has 2 N–H and O–H groups in total. The second-order valence-corrected chi connectivity index (χ2v) is 7.64. The maximum atomic E-state index is 10.6. The van der Waals surface area contributed by atoms with E-state index in [9.17, 15) is 10.2 Å². The highest BCUT2D eigenvalue weighted by Crippen LogP contribution is 2.35. The number of hydrogen-bond donors (Lipinski definition) is 2. The summed E-state index contributed by atoms with van der Waals surface area (Å²) in [5.74, 6) is 0. The summed E-state index contributed by atoms with van der Waals surface area (Å²) in [6.07, 6.45) is -5.09. The molecule has 0 saturated carbocycles.